The highest BCUT2D eigenvalue weighted by Crippen LogP contribution is 2.09. The molecule has 1 amide bonds. The van der Waals surface area contributed by atoms with Gasteiger partial charge in [-0.1, -0.05) is 32.0 Å². The van der Waals surface area contributed by atoms with Gasteiger partial charge < -0.3 is 16.2 Å². The standard InChI is InChI=1S/C15H22N2O3/c1-10(2)13(16)9-14(18)17-8-7-11-5-3-4-6-12(11)15(19)20/h3-6,10,13H,7-9,16H2,1-2H3,(H,17,18)(H,19,20). The number of rotatable bonds is 7. The Morgan fingerprint density at radius 2 is 1.95 bits per heavy atom. The van der Waals surface area contributed by atoms with Gasteiger partial charge in [0.15, 0.2) is 0 Å². The number of hydrogen-bond acceptors (Lipinski definition) is 3. The molecule has 0 aromatic heterocycles. The molecule has 1 atom stereocenters. The van der Waals surface area contributed by atoms with Crippen LogP contribution in [0.5, 0.6) is 0 Å². The molecule has 110 valence electrons. The van der Waals surface area contributed by atoms with E-state index >= 15 is 0 Å². The van der Waals surface area contributed by atoms with E-state index in [1.165, 1.54) is 0 Å². The first kappa shape index (κ1) is 16.2. The van der Waals surface area contributed by atoms with Gasteiger partial charge >= 0.3 is 5.97 Å². The number of hydrogen-bond donors (Lipinski definition) is 3. The fraction of sp³-hybridized carbons (Fsp3) is 0.467. The van der Waals surface area contributed by atoms with Gasteiger partial charge in [0.2, 0.25) is 5.91 Å². The number of carboxylic acids is 1. The van der Waals surface area contributed by atoms with Crippen molar-refractivity contribution in [2.24, 2.45) is 11.7 Å². The molecule has 0 aliphatic heterocycles. The molecule has 0 saturated carbocycles. The zero-order valence-electron chi connectivity index (χ0n) is 11.9. The minimum absolute atomic E-state index is 0.0981. The van der Waals surface area contributed by atoms with E-state index in [2.05, 4.69) is 5.32 Å². The number of benzene rings is 1. The number of carbonyl (C=O) groups is 2. The van der Waals surface area contributed by atoms with Gasteiger partial charge in [0.1, 0.15) is 0 Å². The molecule has 4 N–H and O–H groups in total. The van der Waals surface area contributed by atoms with Crippen molar-refractivity contribution in [3.63, 3.8) is 0 Å². The van der Waals surface area contributed by atoms with Crippen molar-refractivity contribution < 1.29 is 14.7 Å². The molecule has 20 heavy (non-hydrogen) atoms. The second kappa shape index (κ2) is 7.65. The molecule has 0 aliphatic carbocycles. The third kappa shape index (κ3) is 5.01. The van der Waals surface area contributed by atoms with Crippen molar-refractivity contribution in [3.8, 4) is 0 Å². The van der Waals surface area contributed by atoms with Crippen LogP contribution in [0.15, 0.2) is 24.3 Å². The van der Waals surface area contributed by atoms with Gasteiger partial charge in [-0.2, -0.15) is 0 Å². The van der Waals surface area contributed by atoms with E-state index in [0.29, 0.717) is 18.5 Å². The smallest absolute Gasteiger partial charge is 0.335 e. The third-order valence-electron chi connectivity index (χ3n) is 3.24. The highest BCUT2D eigenvalue weighted by Gasteiger charge is 2.13. The summed E-state index contributed by atoms with van der Waals surface area (Å²) in [7, 11) is 0. The molecular weight excluding hydrogens is 256 g/mol. The lowest BCUT2D eigenvalue weighted by atomic mass is 10.0. The average Bonchev–Trinajstić information content (AvgIpc) is 2.38. The highest BCUT2D eigenvalue weighted by atomic mass is 16.4. The summed E-state index contributed by atoms with van der Waals surface area (Å²) in [5.74, 6) is -0.791. The second-order valence-corrected chi connectivity index (χ2v) is 5.17. The quantitative estimate of drug-likeness (QED) is 0.703. The molecule has 0 bridgehead atoms. The molecule has 1 aromatic rings. The van der Waals surface area contributed by atoms with Crippen LogP contribution < -0.4 is 11.1 Å². The van der Waals surface area contributed by atoms with Crippen LogP contribution in [-0.4, -0.2) is 29.6 Å². The Labute approximate surface area is 119 Å². The van der Waals surface area contributed by atoms with Gasteiger partial charge in [0.05, 0.1) is 5.56 Å². The zero-order valence-corrected chi connectivity index (χ0v) is 11.9. The normalized spacial score (nSPS) is 12.2. The van der Waals surface area contributed by atoms with Crippen molar-refractivity contribution in [2.75, 3.05) is 6.54 Å². The second-order valence-electron chi connectivity index (χ2n) is 5.17. The minimum Gasteiger partial charge on any atom is -0.478 e. The summed E-state index contributed by atoms with van der Waals surface area (Å²) >= 11 is 0. The highest BCUT2D eigenvalue weighted by molar-refractivity contribution is 5.89. The third-order valence-corrected chi connectivity index (χ3v) is 3.24. The maximum atomic E-state index is 11.7. The van der Waals surface area contributed by atoms with Crippen LogP contribution in [0.1, 0.15) is 36.2 Å². The fourth-order valence-corrected chi connectivity index (χ4v) is 1.81. The Kier molecular flexibility index (Phi) is 6.18. The van der Waals surface area contributed by atoms with Crippen molar-refractivity contribution in [1.29, 1.82) is 0 Å². The van der Waals surface area contributed by atoms with Crippen LogP contribution in [0.2, 0.25) is 0 Å². The monoisotopic (exact) mass is 278 g/mol. The summed E-state index contributed by atoms with van der Waals surface area (Å²) in [6.07, 6.45) is 0.781. The van der Waals surface area contributed by atoms with E-state index in [-0.39, 0.29) is 29.9 Å². The Morgan fingerprint density at radius 1 is 1.30 bits per heavy atom. The van der Waals surface area contributed by atoms with E-state index in [9.17, 15) is 9.59 Å². The predicted octanol–water partition coefficient (Wildman–Crippen LogP) is 1.42. The Balaban J connectivity index is 2.45. The summed E-state index contributed by atoms with van der Waals surface area (Å²) in [6.45, 7) is 4.36. The number of carbonyl (C=O) groups excluding carboxylic acids is 1. The van der Waals surface area contributed by atoms with E-state index in [4.69, 9.17) is 10.8 Å². The van der Waals surface area contributed by atoms with Crippen molar-refractivity contribution in [2.45, 2.75) is 32.7 Å². The van der Waals surface area contributed by atoms with Gasteiger partial charge in [-0.3, -0.25) is 4.79 Å². The van der Waals surface area contributed by atoms with Gasteiger partial charge in [-0.25, -0.2) is 4.79 Å². The number of carboxylic acid groups (broad SMARTS) is 1. The minimum atomic E-state index is -0.950. The van der Waals surface area contributed by atoms with Crippen molar-refractivity contribution >= 4 is 11.9 Å². The van der Waals surface area contributed by atoms with Crippen LogP contribution in [0.25, 0.3) is 0 Å². The molecule has 0 radical (unpaired) electrons. The first-order valence-electron chi connectivity index (χ1n) is 6.75. The number of nitrogens with one attached hydrogen (secondary N) is 1. The summed E-state index contributed by atoms with van der Waals surface area (Å²) in [5, 5.41) is 11.8. The van der Waals surface area contributed by atoms with Crippen LogP contribution in [0.3, 0.4) is 0 Å². The van der Waals surface area contributed by atoms with Gasteiger partial charge in [0.25, 0.3) is 0 Å². The summed E-state index contributed by atoms with van der Waals surface area (Å²) in [6, 6.07) is 6.65. The molecular formula is C15H22N2O3. The molecule has 5 heteroatoms. The Bertz CT molecular complexity index is 472. The Hall–Kier alpha value is -1.88. The molecule has 0 aliphatic rings. The molecule has 5 nitrogen and oxygen atoms in total. The van der Waals surface area contributed by atoms with E-state index in [1.54, 1.807) is 24.3 Å². The number of amides is 1. The summed E-state index contributed by atoms with van der Waals surface area (Å²) in [4.78, 5) is 22.7. The van der Waals surface area contributed by atoms with E-state index in [0.717, 1.165) is 0 Å². The molecule has 0 heterocycles. The zero-order chi connectivity index (χ0) is 15.1. The lowest BCUT2D eigenvalue weighted by molar-refractivity contribution is -0.121. The van der Waals surface area contributed by atoms with Crippen LogP contribution in [0.4, 0.5) is 0 Å². The first-order chi connectivity index (χ1) is 9.41. The SMILES string of the molecule is CC(C)C(N)CC(=O)NCCc1ccccc1C(=O)O. The lowest BCUT2D eigenvalue weighted by Gasteiger charge is -2.15. The van der Waals surface area contributed by atoms with Crippen molar-refractivity contribution in [3.05, 3.63) is 35.4 Å². The lowest BCUT2D eigenvalue weighted by Crippen LogP contribution is -2.35. The first-order valence-corrected chi connectivity index (χ1v) is 6.75. The summed E-state index contributed by atoms with van der Waals surface area (Å²) < 4.78 is 0. The van der Waals surface area contributed by atoms with Crippen LogP contribution >= 0.6 is 0 Å². The number of aromatic carboxylic acids is 1. The average molecular weight is 278 g/mol. The topological polar surface area (TPSA) is 92.4 Å². The fourth-order valence-electron chi connectivity index (χ4n) is 1.81. The molecule has 0 fully saturated rings. The molecule has 1 unspecified atom stereocenters. The van der Waals surface area contributed by atoms with E-state index < -0.39 is 5.97 Å². The number of nitrogens with two attached hydrogens (primary N) is 1. The van der Waals surface area contributed by atoms with Gasteiger partial charge in [0, 0.05) is 19.0 Å². The molecule has 0 saturated heterocycles. The van der Waals surface area contributed by atoms with Crippen molar-refractivity contribution in [1.82, 2.24) is 5.32 Å². The molecule has 0 spiro atoms. The van der Waals surface area contributed by atoms with E-state index in [1.807, 2.05) is 13.8 Å². The van der Waals surface area contributed by atoms with Gasteiger partial charge in [-0.15, -0.1) is 0 Å². The predicted molar refractivity (Wildman–Crippen MR) is 77.5 cm³/mol. The maximum Gasteiger partial charge on any atom is 0.335 e. The molecule has 1 aromatic carbocycles. The van der Waals surface area contributed by atoms with Crippen LogP contribution in [0, 0.1) is 5.92 Å². The largest absolute Gasteiger partial charge is 0.478 e. The van der Waals surface area contributed by atoms with Gasteiger partial charge in [-0.05, 0) is 24.0 Å². The maximum absolute atomic E-state index is 11.7. The summed E-state index contributed by atoms with van der Waals surface area (Å²) in [5.41, 5.74) is 6.82. The molecule has 1 rings (SSSR count). The van der Waals surface area contributed by atoms with Crippen LogP contribution in [-0.2, 0) is 11.2 Å². The Morgan fingerprint density at radius 3 is 2.55 bits per heavy atom.